The maximum absolute atomic E-state index is 13.8. The minimum absolute atomic E-state index is 0.121. The van der Waals surface area contributed by atoms with E-state index in [1.54, 1.807) is 35.2 Å². The number of benzene rings is 3. The van der Waals surface area contributed by atoms with Crippen LogP contribution in [0.25, 0.3) is 0 Å². The molecule has 5 nitrogen and oxygen atoms in total. The first-order valence-corrected chi connectivity index (χ1v) is 13.5. The van der Waals surface area contributed by atoms with E-state index in [4.69, 9.17) is 27.9 Å². The third-order valence-electron chi connectivity index (χ3n) is 6.71. The van der Waals surface area contributed by atoms with E-state index >= 15 is 0 Å². The lowest BCUT2D eigenvalue weighted by Crippen LogP contribution is -2.53. The lowest BCUT2D eigenvalue weighted by molar-refractivity contribution is -0.143. The fourth-order valence-electron chi connectivity index (χ4n) is 4.69. The van der Waals surface area contributed by atoms with Crippen molar-refractivity contribution in [1.29, 1.82) is 0 Å². The minimum atomic E-state index is -0.733. The third kappa shape index (κ3) is 7.73. The van der Waals surface area contributed by atoms with Crippen molar-refractivity contribution in [1.82, 2.24) is 10.2 Å². The summed E-state index contributed by atoms with van der Waals surface area (Å²) in [5.41, 5.74) is 1.73. The molecule has 1 saturated carbocycles. The molecule has 3 aromatic carbocycles. The monoisotopic (exact) mass is 538 g/mol. The quantitative estimate of drug-likeness (QED) is 0.322. The van der Waals surface area contributed by atoms with Gasteiger partial charge in [-0.3, -0.25) is 9.59 Å². The molecule has 1 unspecified atom stereocenters. The second kappa shape index (κ2) is 13.5. The average Bonchev–Trinajstić information content (AvgIpc) is 2.92. The Bertz CT molecular complexity index is 1180. The number of halogens is 2. The number of carbonyl (C=O) groups excluding carboxylic acids is 2. The maximum Gasteiger partial charge on any atom is 0.261 e. The normalized spacial score (nSPS) is 14.5. The molecule has 3 aromatic rings. The van der Waals surface area contributed by atoms with Crippen LogP contribution in [0.5, 0.6) is 5.75 Å². The van der Waals surface area contributed by atoms with Crippen molar-refractivity contribution in [3.05, 3.63) is 100 Å². The van der Waals surface area contributed by atoms with E-state index < -0.39 is 6.04 Å². The van der Waals surface area contributed by atoms with Gasteiger partial charge < -0.3 is 15.0 Å². The van der Waals surface area contributed by atoms with Crippen molar-refractivity contribution < 1.29 is 14.3 Å². The van der Waals surface area contributed by atoms with Crippen LogP contribution in [0.2, 0.25) is 10.0 Å². The molecule has 2 amide bonds. The number of ether oxygens (including phenoxy) is 1. The molecule has 7 heteroatoms. The van der Waals surface area contributed by atoms with Gasteiger partial charge in [-0.25, -0.2) is 0 Å². The molecule has 1 N–H and O–H groups in total. The topological polar surface area (TPSA) is 58.6 Å². The highest BCUT2D eigenvalue weighted by atomic mass is 35.5. The molecule has 0 radical (unpaired) electrons. The van der Waals surface area contributed by atoms with E-state index in [1.165, 1.54) is 6.42 Å². The van der Waals surface area contributed by atoms with Gasteiger partial charge in [0.25, 0.3) is 5.91 Å². The molecule has 1 atom stereocenters. The van der Waals surface area contributed by atoms with Crippen LogP contribution in [0.3, 0.4) is 0 Å². The highest BCUT2D eigenvalue weighted by Crippen LogP contribution is 2.25. The van der Waals surface area contributed by atoms with Crippen LogP contribution in [-0.4, -0.2) is 35.4 Å². The molecule has 0 bridgehead atoms. The smallest absolute Gasteiger partial charge is 0.261 e. The largest absolute Gasteiger partial charge is 0.482 e. The van der Waals surface area contributed by atoms with Crippen molar-refractivity contribution in [3.8, 4) is 5.75 Å². The van der Waals surface area contributed by atoms with Crippen molar-refractivity contribution in [2.75, 3.05) is 6.61 Å². The van der Waals surface area contributed by atoms with Gasteiger partial charge in [0.1, 0.15) is 11.8 Å². The van der Waals surface area contributed by atoms with Gasteiger partial charge in [-0.05, 0) is 42.2 Å². The number of para-hydroxylation sites is 1. The highest BCUT2D eigenvalue weighted by molar-refractivity contribution is 6.32. The van der Waals surface area contributed by atoms with Gasteiger partial charge in [0.15, 0.2) is 6.61 Å². The summed E-state index contributed by atoms with van der Waals surface area (Å²) in [6.07, 6.45) is 5.68. The summed E-state index contributed by atoms with van der Waals surface area (Å²) in [6, 6.07) is 23.5. The number of amides is 2. The summed E-state index contributed by atoms with van der Waals surface area (Å²) in [7, 11) is 0. The summed E-state index contributed by atoms with van der Waals surface area (Å²) in [6.45, 7) is -0.0733. The van der Waals surface area contributed by atoms with Crippen LogP contribution < -0.4 is 10.1 Å². The van der Waals surface area contributed by atoms with Crippen molar-refractivity contribution in [2.45, 2.75) is 57.2 Å². The van der Waals surface area contributed by atoms with Gasteiger partial charge in [0.05, 0.1) is 5.02 Å². The molecule has 0 aromatic heterocycles. The summed E-state index contributed by atoms with van der Waals surface area (Å²) >= 11 is 12.7. The van der Waals surface area contributed by atoms with Crippen LogP contribution in [0.4, 0.5) is 0 Å². The van der Waals surface area contributed by atoms with Crippen molar-refractivity contribution in [3.63, 3.8) is 0 Å². The Balaban J connectivity index is 1.62. The molecule has 0 aliphatic heterocycles. The zero-order valence-electron chi connectivity index (χ0n) is 20.7. The van der Waals surface area contributed by atoms with E-state index in [0.717, 1.165) is 36.8 Å². The van der Waals surface area contributed by atoms with Crippen LogP contribution >= 0.6 is 23.2 Å². The lowest BCUT2D eigenvalue weighted by Gasteiger charge is -2.33. The summed E-state index contributed by atoms with van der Waals surface area (Å²) in [5.74, 6) is -0.0602. The number of carbonyl (C=O) groups is 2. The van der Waals surface area contributed by atoms with E-state index in [2.05, 4.69) is 5.32 Å². The first-order valence-electron chi connectivity index (χ1n) is 12.8. The van der Waals surface area contributed by atoms with E-state index in [-0.39, 0.29) is 31.0 Å². The fourth-order valence-corrected chi connectivity index (χ4v) is 5.08. The Morgan fingerprint density at radius 2 is 1.51 bits per heavy atom. The zero-order valence-corrected chi connectivity index (χ0v) is 22.3. The summed E-state index contributed by atoms with van der Waals surface area (Å²) < 4.78 is 5.79. The molecule has 1 fully saturated rings. The number of rotatable bonds is 10. The molecule has 0 heterocycles. The molecule has 37 heavy (non-hydrogen) atoms. The number of hydrogen-bond donors (Lipinski definition) is 1. The lowest BCUT2D eigenvalue weighted by atomic mass is 9.94. The molecule has 4 rings (SSSR count). The van der Waals surface area contributed by atoms with Gasteiger partial charge in [-0.15, -0.1) is 0 Å². The second-order valence-corrected chi connectivity index (χ2v) is 10.2. The Labute approximate surface area is 228 Å². The Kier molecular flexibility index (Phi) is 9.86. The number of nitrogens with zero attached hydrogens (tertiary/aromatic N) is 1. The van der Waals surface area contributed by atoms with Gasteiger partial charge in [-0.2, -0.15) is 0 Å². The molecule has 0 saturated heterocycles. The predicted octanol–water partition coefficient (Wildman–Crippen LogP) is 6.46. The van der Waals surface area contributed by atoms with Crippen molar-refractivity contribution in [2.24, 2.45) is 0 Å². The number of nitrogens with one attached hydrogen (secondary N) is 1. The van der Waals surface area contributed by atoms with Crippen LogP contribution in [0.15, 0.2) is 78.9 Å². The van der Waals surface area contributed by atoms with Gasteiger partial charge in [-0.1, -0.05) is 103 Å². The Morgan fingerprint density at radius 3 is 2.22 bits per heavy atom. The van der Waals surface area contributed by atoms with Crippen LogP contribution in [0, 0.1) is 0 Å². The van der Waals surface area contributed by atoms with Crippen LogP contribution in [0.1, 0.15) is 43.2 Å². The standard InChI is InChI=1S/C30H32Cl2N2O3/c31-25-16-8-7-13-23(25)20-34(29(35)21-37-28-18-10-9-17-26(28)32)27(19-22-11-3-1-4-12-22)30(36)33-24-14-5-2-6-15-24/h1,3-4,7-13,16-18,24,27H,2,5-6,14-15,19-21H2,(H,33,36). The van der Waals surface area contributed by atoms with Gasteiger partial charge >= 0.3 is 0 Å². The average molecular weight is 540 g/mol. The first-order chi connectivity index (χ1) is 18.0. The molecule has 194 valence electrons. The second-order valence-electron chi connectivity index (χ2n) is 9.38. The minimum Gasteiger partial charge on any atom is -0.482 e. The fraction of sp³-hybridized carbons (Fsp3) is 0.333. The molecular weight excluding hydrogens is 507 g/mol. The van der Waals surface area contributed by atoms with E-state index in [9.17, 15) is 9.59 Å². The van der Waals surface area contributed by atoms with Gasteiger partial charge in [0, 0.05) is 24.0 Å². The predicted molar refractivity (Wildman–Crippen MR) is 148 cm³/mol. The third-order valence-corrected chi connectivity index (χ3v) is 7.39. The summed E-state index contributed by atoms with van der Waals surface area (Å²) in [5, 5.41) is 4.19. The van der Waals surface area contributed by atoms with Gasteiger partial charge in [0.2, 0.25) is 5.91 Å². The van der Waals surface area contributed by atoms with Crippen molar-refractivity contribution >= 4 is 35.0 Å². The molecule has 0 spiro atoms. The maximum atomic E-state index is 13.8. The molecule has 1 aliphatic rings. The Morgan fingerprint density at radius 1 is 0.865 bits per heavy atom. The SMILES string of the molecule is O=C(NC1CCCCC1)C(Cc1ccccc1)N(Cc1ccccc1Cl)C(=O)COc1ccccc1Cl. The van der Waals surface area contributed by atoms with E-state index in [0.29, 0.717) is 22.2 Å². The number of hydrogen-bond acceptors (Lipinski definition) is 3. The zero-order chi connectivity index (χ0) is 26.0. The molecular formula is C30H32Cl2N2O3. The highest BCUT2D eigenvalue weighted by Gasteiger charge is 2.32. The first kappa shape index (κ1) is 27.0. The van der Waals surface area contributed by atoms with Crippen LogP contribution in [-0.2, 0) is 22.6 Å². The summed E-state index contributed by atoms with van der Waals surface area (Å²) in [4.78, 5) is 29.1. The van der Waals surface area contributed by atoms with E-state index in [1.807, 2.05) is 48.5 Å². The molecule has 1 aliphatic carbocycles. The Hall–Kier alpha value is -3.02.